The van der Waals surface area contributed by atoms with Crippen LogP contribution in [0.25, 0.3) is 0 Å². The standard InChI is InChI=1S/C19H21F3N2O4S/c1-4-24(29(26,27)17-11-13(2)9-10-16(17)28-3)12-18(25)23-15-8-6-5-7-14(15)19(20,21)22/h5-11H,4,12H2,1-3H3,(H,23,25). The minimum Gasteiger partial charge on any atom is -0.495 e. The number of carbonyl (C=O) groups is 1. The first kappa shape index (κ1) is 22.7. The lowest BCUT2D eigenvalue weighted by atomic mass is 10.1. The van der Waals surface area contributed by atoms with Crippen LogP contribution in [0, 0.1) is 6.92 Å². The molecular formula is C19H21F3N2O4S. The van der Waals surface area contributed by atoms with Gasteiger partial charge in [0.1, 0.15) is 10.6 Å². The van der Waals surface area contributed by atoms with Crippen LogP contribution in [-0.4, -0.2) is 38.8 Å². The molecular weight excluding hydrogens is 409 g/mol. The molecule has 0 aliphatic rings. The van der Waals surface area contributed by atoms with Crippen molar-refractivity contribution in [1.82, 2.24) is 4.31 Å². The van der Waals surface area contributed by atoms with Crippen LogP contribution >= 0.6 is 0 Å². The number of benzene rings is 2. The molecule has 2 aromatic rings. The Hall–Kier alpha value is -2.59. The van der Waals surface area contributed by atoms with E-state index >= 15 is 0 Å². The third kappa shape index (κ3) is 5.27. The van der Waals surface area contributed by atoms with Gasteiger partial charge in [0.2, 0.25) is 15.9 Å². The van der Waals surface area contributed by atoms with E-state index in [-0.39, 0.29) is 17.2 Å². The topological polar surface area (TPSA) is 75.7 Å². The van der Waals surface area contributed by atoms with Gasteiger partial charge in [-0.25, -0.2) is 8.42 Å². The molecule has 10 heteroatoms. The number of halogens is 3. The van der Waals surface area contributed by atoms with Gasteiger partial charge < -0.3 is 10.1 Å². The summed E-state index contributed by atoms with van der Waals surface area (Å²) in [5.41, 5.74) is -0.782. The molecule has 0 atom stereocenters. The number of para-hydroxylation sites is 1. The maximum Gasteiger partial charge on any atom is 0.418 e. The first-order chi connectivity index (χ1) is 13.5. The van der Waals surface area contributed by atoms with E-state index in [1.54, 1.807) is 13.0 Å². The molecule has 0 saturated heterocycles. The normalized spacial score (nSPS) is 12.1. The Morgan fingerprint density at radius 1 is 1.17 bits per heavy atom. The zero-order valence-electron chi connectivity index (χ0n) is 16.1. The summed E-state index contributed by atoms with van der Waals surface area (Å²) in [5.74, 6) is -0.782. The summed E-state index contributed by atoms with van der Waals surface area (Å²) in [6, 6.07) is 9.07. The smallest absolute Gasteiger partial charge is 0.418 e. The molecule has 0 aromatic heterocycles. The van der Waals surface area contributed by atoms with Crippen molar-refractivity contribution >= 4 is 21.6 Å². The molecule has 0 heterocycles. The number of anilines is 1. The highest BCUT2D eigenvalue weighted by molar-refractivity contribution is 7.89. The van der Waals surface area contributed by atoms with Gasteiger partial charge in [0.15, 0.2) is 0 Å². The summed E-state index contributed by atoms with van der Waals surface area (Å²) in [7, 11) is -2.80. The minimum absolute atomic E-state index is 0.0617. The number of likely N-dealkylation sites (N-methyl/N-ethyl adjacent to an activating group) is 1. The second kappa shape index (κ2) is 8.83. The molecule has 2 aromatic carbocycles. The molecule has 2 rings (SSSR count). The van der Waals surface area contributed by atoms with Gasteiger partial charge in [0, 0.05) is 6.54 Å². The summed E-state index contributed by atoms with van der Waals surface area (Å²) >= 11 is 0. The molecule has 0 unspecified atom stereocenters. The Labute approximate surface area is 167 Å². The van der Waals surface area contributed by atoms with Crippen molar-refractivity contribution in [2.75, 3.05) is 25.5 Å². The van der Waals surface area contributed by atoms with Crippen LogP contribution in [0.2, 0.25) is 0 Å². The quantitative estimate of drug-likeness (QED) is 0.727. The second-order valence-electron chi connectivity index (χ2n) is 6.18. The van der Waals surface area contributed by atoms with Crippen molar-refractivity contribution in [2.45, 2.75) is 24.9 Å². The van der Waals surface area contributed by atoms with Crippen molar-refractivity contribution in [3.05, 3.63) is 53.6 Å². The highest BCUT2D eigenvalue weighted by Gasteiger charge is 2.34. The van der Waals surface area contributed by atoms with Gasteiger partial charge in [-0.15, -0.1) is 0 Å². The number of hydrogen-bond donors (Lipinski definition) is 1. The number of rotatable bonds is 7. The molecule has 0 spiro atoms. The largest absolute Gasteiger partial charge is 0.495 e. The molecule has 158 valence electrons. The number of amides is 1. The molecule has 1 N–H and O–H groups in total. The maximum atomic E-state index is 13.1. The van der Waals surface area contributed by atoms with Gasteiger partial charge in [-0.2, -0.15) is 17.5 Å². The summed E-state index contributed by atoms with van der Waals surface area (Å²) in [6.07, 6.45) is -4.66. The number of sulfonamides is 1. The zero-order valence-corrected chi connectivity index (χ0v) is 16.9. The summed E-state index contributed by atoms with van der Waals surface area (Å²) in [5, 5.41) is 2.15. The van der Waals surface area contributed by atoms with E-state index in [4.69, 9.17) is 4.74 Å². The molecule has 0 saturated carbocycles. The van der Waals surface area contributed by atoms with E-state index in [9.17, 15) is 26.4 Å². The van der Waals surface area contributed by atoms with E-state index in [0.29, 0.717) is 5.56 Å². The van der Waals surface area contributed by atoms with Crippen LogP contribution in [0.15, 0.2) is 47.4 Å². The van der Waals surface area contributed by atoms with E-state index in [1.165, 1.54) is 38.3 Å². The Bertz CT molecular complexity index is 991. The van der Waals surface area contributed by atoms with Gasteiger partial charge in [-0.05, 0) is 36.8 Å². The van der Waals surface area contributed by atoms with Crippen molar-refractivity contribution in [3.8, 4) is 5.75 Å². The predicted octanol–water partition coefficient (Wildman–Crippen LogP) is 3.67. The van der Waals surface area contributed by atoms with Gasteiger partial charge in [0.25, 0.3) is 0 Å². The summed E-state index contributed by atoms with van der Waals surface area (Å²) < 4.78 is 71.2. The number of carbonyl (C=O) groups excluding carboxylic acids is 1. The third-order valence-electron chi connectivity index (χ3n) is 4.12. The Balaban J connectivity index is 2.29. The first-order valence-electron chi connectivity index (χ1n) is 8.61. The van der Waals surface area contributed by atoms with Crippen molar-refractivity contribution in [1.29, 1.82) is 0 Å². The van der Waals surface area contributed by atoms with Crippen LogP contribution in [-0.2, 0) is 21.0 Å². The Morgan fingerprint density at radius 2 is 1.83 bits per heavy atom. The lowest BCUT2D eigenvalue weighted by Crippen LogP contribution is -2.38. The number of hydrogen-bond acceptors (Lipinski definition) is 4. The molecule has 0 aliphatic carbocycles. The number of alkyl halides is 3. The molecule has 0 fully saturated rings. The van der Waals surface area contributed by atoms with E-state index in [1.807, 2.05) is 0 Å². The van der Waals surface area contributed by atoms with E-state index in [0.717, 1.165) is 16.4 Å². The average Bonchev–Trinajstić information content (AvgIpc) is 2.65. The van der Waals surface area contributed by atoms with Crippen LogP contribution in [0.1, 0.15) is 18.1 Å². The monoisotopic (exact) mass is 430 g/mol. The molecule has 0 aliphatic heterocycles. The molecule has 6 nitrogen and oxygen atoms in total. The third-order valence-corrected chi connectivity index (χ3v) is 6.06. The fourth-order valence-electron chi connectivity index (χ4n) is 2.68. The number of nitrogens with zero attached hydrogens (tertiary/aromatic N) is 1. The van der Waals surface area contributed by atoms with Crippen LogP contribution in [0.3, 0.4) is 0 Å². The number of nitrogens with one attached hydrogen (secondary N) is 1. The molecule has 0 bridgehead atoms. The van der Waals surface area contributed by atoms with Gasteiger partial charge in [0.05, 0.1) is 24.9 Å². The fourth-order valence-corrected chi connectivity index (χ4v) is 4.33. The Kier molecular flexibility index (Phi) is 6.91. The van der Waals surface area contributed by atoms with Crippen LogP contribution in [0.5, 0.6) is 5.75 Å². The highest BCUT2D eigenvalue weighted by atomic mass is 32.2. The van der Waals surface area contributed by atoms with Gasteiger partial charge >= 0.3 is 6.18 Å². The number of ether oxygens (including phenoxy) is 1. The number of aryl methyl sites for hydroxylation is 1. The second-order valence-corrected chi connectivity index (χ2v) is 8.08. The minimum atomic E-state index is -4.66. The van der Waals surface area contributed by atoms with Gasteiger partial charge in [-0.1, -0.05) is 25.1 Å². The number of methoxy groups -OCH3 is 1. The summed E-state index contributed by atoms with van der Waals surface area (Å²) in [6.45, 7) is 2.52. The van der Waals surface area contributed by atoms with Gasteiger partial charge in [-0.3, -0.25) is 4.79 Å². The average molecular weight is 430 g/mol. The lowest BCUT2D eigenvalue weighted by molar-refractivity contribution is -0.137. The molecule has 29 heavy (non-hydrogen) atoms. The fraction of sp³-hybridized carbons (Fsp3) is 0.316. The van der Waals surface area contributed by atoms with Crippen LogP contribution < -0.4 is 10.1 Å². The maximum absolute atomic E-state index is 13.1. The highest BCUT2D eigenvalue weighted by Crippen LogP contribution is 2.34. The molecule has 0 radical (unpaired) electrons. The summed E-state index contributed by atoms with van der Waals surface area (Å²) in [4.78, 5) is 12.2. The SMILES string of the molecule is CCN(CC(=O)Nc1ccccc1C(F)(F)F)S(=O)(=O)c1cc(C)ccc1OC. The van der Waals surface area contributed by atoms with Crippen molar-refractivity contribution in [3.63, 3.8) is 0 Å². The molecule has 1 amide bonds. The van der Waals surface area contributed by atoms with Crippen molar-refractivity contribution in [2.24, 2.45) is 0 Å². The van der Waals surface area contributed by atoms with Crippen LogP contribution in [0.4, 0.5) is 18.9 Å². The van der Waals surface area contributed by atoms with E-state index < -0.39 is 39.9 Å². The first-order valence-corrected chi connectivity index (χ1v) is 10.1. The lowest BCUT2D eigenvalue weighted by Gasteiger charge is -2.22. The van der Waals surface area contributed by atoms with E-state index in [2.05, 4.69) is 5.32 Å². The Morgan fingerprint density at radius 3 is 2.41 bits per heavy atom. The zero-order chi connectivity index (χ0) is 21.8. The predicted molar refractivity (Wildman–Crippen MR) is 102 cm³/mol. The van der Waals surface area contributed by atoms with Crippen molar-refractivity contribution < 1.29 is 31.1 Å².